The summed E-state index contributed by atoms with van der Waals surface area (Å²) in [4.78, 5) is 10.8. The first kappa shape index (κ1) is 9.72. The summed E-state index contributed by atoms with van der Waals surface area (Å²) in [6.07, 6.45) is 2.98. The lowest BCUT2D eigenvalue weighted by Crippen LogP contribution is -2.38. The summed E-state index contributed by atoms with van der Waals surface area (Å²) in [6.45, 7) is 0.798. The minimum atomic E-state index is -0.257. The highest BCUT2D eigenvalue weighted by Gasteiger charge is 2.14. The fourth-order valence-electron chi connectivity index (χ4n) is 0.963. The van der Waals surface area contributed by atoms with E-state index in [0.717, 1.165) is 25.8 Å². The largest absolute Gasteiger partial charge is 0.355 e. The molecule has 1 aliphatic heterocycles. The number of rotatable bonds is 0. The maximum absolute atomic E-state index is 10.8. The molecule has 0 radical (unpaired) electrons. The zero-order valence-electron chi connectivity index (χ0n) is 5.80. The lowest BCUT2D eigenvalue weighted by molar-refractivity contribution is -0.122. The summed E-state index contributed by atoms with van der Waals surface area (Å²) in [5, 5.41) is 2.73. The first-order valence-electron chi connectivity index (χ1n) is 3.34. The summed E-state index contributed by atoms with van der Waals surface area (Å²) in [7, 11) is 0. The SMILES string of the molecule is Cl.N[C@H]1CCCCNC1=O. The van der Waals surface area contributed by atoms with Crippen molar-refractivity contribution in [3.05, 3.63) is 0 Å². The third-order valence-electron chi connectivity index (χ3n) is 1.58. The zero-order chi connectivity index (χ0) is 6.69. The van der Waals surface area contributed by atoms with Crippen LogP contribution in [0.5, 0.6) is 0 Å². The van der Waals surface area contributed by atoms with Crippen LogP contribution in [0.15, 0.2) is 0 Å². The molecule has 1 heterocycles. The maximum atomic E-state index is 10.8. The van der Waals surface area contributed by atoms with E-state index < -0.39 is 0 Å². The van der Waals surface area contributed by atoms with Gasteiger partial charge in [0.05, 0.1) is 6.04 Å². The first-order valence-corrected chi connectivity index (χ1v) is 3.34. The van der Waals surface area contributed by atoms with E-state index in [2.05, 4.69) is 5.32 Å². The number of hydrogen-bond donors (Lipinski definition) is 2. The van der Waals surface area contributed by atoms with Crippen LogP contribution >= 0.6 is 12.4 Å². The molecule has 3 N–H and O–H groups in total. The van der Waals surface area contributed by atoms with E-state index in [1.165, 1.54) is 0 Å². The second kappa shape index (κ2) is 4.52. The molecular formula is C6H13ClN2O. The van der Waals surface area contributed by atoms with Gasteiger partial charge in [0.25, 0.3) is 0 Å². The Bertz CT molecular complexity index is 118. The van der Waals surface area contributed by atoms with Crippen molar-refractivity contribution in [3.8, 4) is 0 Å². The van der Waals surface area contributed by atoms with Gasteiger partial charge in [-0.2, -0.15) is 0 Å². The highest BCUT2D eigenvalue weighted by Crippen LogP contribution is 2.01. The van der Waals surface area contributed by atoms with Crippen LogP contribution in [-0.2, 0) is 4.79 Å². The molecule has 10 heavy (non-hydrogen) atoms. The molecule has 1 saturated heterocycles. The van der Waals surface area contributed by atoms with Crippen molar-refractivity contribution in [1.29, 1.82) is 0 Å². The number of nitrogens with two attached hydrogens (primary N) is 1. The monoisotopic (exact) mass is 164 g/mol. The first-order chi connectivity index (χ1) is 4.30. The van der Waals surface area contributed by atoms with E-state index in [1.54, 1.807) is 0 Å². The average Bonchev–Trinajstić information content (AvgIpc) is 1.99. The Morgan fingerprint density at radius 1 is 1.50 bits per heavy atom. The molecule has 0 aromatic rings. The van der Waals surface area contributed by atoms with Crippen LogP contribution in [-0.4, -0.2) is 18.5 Å². The van der Waals surface area contributed by atoms with Gasteiger partial charge in [-0.3, -0.25) is 4.79 Å². The van der Waals surface area contributed by atoms with E-state index in [4.69, 9.17) is 5.73 Å². The lowest BCUT2D eigenvalue weighted by Gasteiger charge is -2.03. The summed E-state index contributed by atoms with van der Waals surface area (Å²) in [6, 6.07) is -0.257. The van der Waals surface area contributed by atoms with Crippen molar-refractivity contribution < 1.29 is 4.79 Å². The maximum Gasteiger partial charge on any atom is 0.236 e. The van der Waals surface area contributed by atoms with Crippen molar-refractivity contribution in [2.24, 2.45) is 5.73 Å². The Hall–Kier alpha value is -0.280. The van der Waals surface area contributed by atoms with Crippen molar-refractivity contribution in [1.82, 2.24) is 5.32 Å². The van der Waals surface area contributed by atoms with Crippen LogP contribution in [0.3, 0.4) is 0 Å². The Morgan fingerprint density at radius 2 is 2.20 bits per heavy atom. The molecule has 0 aromatic carbocycles. The molecule has 4 heteroatoms. The van der Waals surface area contributed by atoms with Crippen LogP contribution in [0.1, 0.15) is 19.3 Å². The molecular weight excluding hydrogens is 152 g/mol. The van der Waals surface area contributed by atoms with Crippen molar-refractivity contribution >= 4 is 18.3 Å². The number of nitrogens with one attached hydrogen (secondary N) is 1. The van der Waals surface area contributed by atoms with Gasteiger partial charge >= 0.3 is 0 Å². The van der Waals surface area contributed by atoms with E-state index in [9.17, 15) is 4.79 Å². The fraction of sp³-hybridized carbons (Fsp3) is 0.833. The topological polar surface area (TPSA) is 55.1 Å². The number of carbonyl (C=O) groups excluding carboxylic acids is 1. The van der Waals surface area contributed by atoms with Crippen LogP contribution in [0.4, 0.5) is 0 Å². The molecule has 0 bridgehead atoms. The summed E-state index contributed by atoms with van der Waals surface area (Å²) < 4.78 is 0. The molecule has 1 atom stereocenters. The van der Waals surface area contributed by atoms with Crippen molar-refractivity contribution in [2.75, 3.05) is 6.54 Å². The second-order valence-corrected chi connectivity index (χ2v) is 2.39. The second-order valence-electron chi connectivity index (χ2n) is 2.39. The lowest BCUT2D eigenvalue weighted by atomic mass is 10.1. The standard InChI is InChI=1S/C6H12N2O.ClH/c7-5-3-1-2-4-8-6(5)9;/h5H,1-4,7H2,(H,8,9);1H/t5-;/m0./s1. The smallest absolute Gasteiger partial charge is 0.236 e. The molecule has 0 saturated carbocycles. The molecule has 1 fully saturated rings. The summed E-state index contributed by atoms with van der Waals surface area (Å²) in [5.41, 5.74) is 5.47. The minimum Gasteiger partial charge on any atom is -0.355 e. The zero-order valence-corrected chi connectivity index (χ0v) is 6.62. The highest BCUT2D eigenvalue weighted by molar-refractivity contribution is 5.85. The summed E-state index contributed by atoms with van der Waals surface area (Å²) in [5.74, 6) is 0.00694. The number of carbonyl (C=O) groups is 1. The molecule has 1 rings (SSSR count). The predicted octanol–water partition coefficient (Wildman–Crippen LogP) is 0.0356. The summed E-state index contributed by atoms with van der Waals surface area (Å²) >= 11 is 0. The average molecular weight is 165 g/mol. The van der Waals surface area contributed by atoms with E-state index in [-0.39, 0.29) is 24.4 Å². The highest BCUT2D eigenvalue weighted by atomic mass is 35.5. The third kappa shape index (κ3) is 2.54. The molecule has 0 aromatic heterocycles. The van der Waals surface area contributed by atoms with Gasteiger partial charge in [0.1, 0.15) is 0 Å². The van der Waals surface area contributed by atoms with E-state index in [1.807, 2.05) is 0 Å². The van der Waals surface area contributed by atoms with Crippen LogP contribution < -0.4 is 11.1 Å². The molecule has 3 nitrogen and oxygen atoms in total. The van der Waals surface area contributed by atoms with Crippen molar-refractivity contribution in [3.63, 3.8) is 0 Å². The van der Waals surface area contributed by atoms with Gasteiger partial charge in [-0.1, -0.05) is 0 Å². The molecule has 60 valence electrons. The Labute approximate surface area is 66.8 Å². The van der Waals surface area contributed by atoms with Gasteiger partial charge < -0.3 is 11.1 Å². The Kier molecular flexibility index (Phi) is 4.40. The number of halogens is 1. The third-order valence-corrected chi connectivity index (χ3v) is 1.58. The Morgan fingerprint density at radius 3 is 2.90 bits per heavy atom. The van der Waals surface area contributed by atoms with Gasteiger partial charge in [0.2, 0.25) is 5.91 Å². The number of amides is 1. The molecule has 0 unspecified atom stereocenters. The predicted molar refractivity (Wildman–Crippen MR) is 42.1 cm³/mol. The van der Waals surface area contributed by atoms with Crippen LogP contribution in [0, 0.1) is 0 Å². The minimum absolute atomic E-state index is 0. The quantitative estimate of drug-likeness (QED) is 0.531. The normalized spacial score (nSPS) is 26.1. The van der Waals surface area contributed by atoms with Gasteiger partial charge in [0.15, 0.2) is 0 Å². The van der Waals surface area contributed by atoms with Crippen LogP contribution in [0.25, 0.3) is 0 Å². The molecule has 1 aliphatic rings. The number of hydrogen-bond acceptors (Lipinski definition) is 2. The van der Waals surface area contributed by atoms with Crippen molar-refractivity contribution in [2.45, 2.75) is 25.3 Å². The fourth-order valence-corrected chi connectivity index (χ4v) is 0.963. The molecule has 1 amide bonds. The molecule has 0 spiro atoms. The van der Waals surface area contributed by atoms with E-state index in [0.29, 0.717) is 0 Å². The molecule has 0 aliphatic carbocycles. The van der Waals surface area contributed by atoms with E-state index >= 15 is 0 Å². The van der Waals surface area contributed by atoms with Gasteiger partial charge in [-0.05, 0) is 19.3 Å². The Balaban J connectivity index is 0.000000810. The van der Waals surface area contributed by atoms with Gasteiger partial charge in [-0.25, -0.2) is 0 Å². The van der Waals surface area contributed by atoms with Gasteiger partial charge in [0, 0.05) is 6.54 Å². The van der Waals surface area contributed by atoms with Gasteiger partial charge in [-0.15, -0.1) is 12.4 Å². The van der Waals surface area contributed by atoms with Crippen LogP contribution in [0.2, 0.25) is 0 Å².